The minimum atomic E-state index is -3.78. The quantitative estimate of drug-likeness (QED) is 0.488. The molecule has 1 amide bonds. The molecule has 0 unspecified atom stereocenters. The van der Waals surface area contributed by atoms with E-state index in [1.165, 1.54) is 31.2 Å². The number of benzene rings is 3. The molecular weight excluding hydrogens is 440 g/mol. The van der Waals surface area contributed by atoms with Crippen molar-refractivity contribution in [3.63, 3.8) is 0 Å². The molecule has 0 spiro atoms. The van der Waals surface area contributed by atoms with Crippen LogP contribution in [0.15, 0.2) is 77.7 Å². The number of amides is 1. The van der Waals surface area contributed by atoms with Crippen molar-refractivity contribution in [2.45, 2.75) is 11.8 Å². The molecule has 0 radical (unpaired) electrons. The fraction of sp³-hybridized carbons (Fsp3) is 0.0909. The van der Waals surface area contributed by atoms with Crippen molar-refractivity contribution in [1.82, 2.24) is 0 Å². The monoisotopic (exact) mass is 458 g/mol. The molecule has 0 heterocycles. The first-order chi connectivity index (χ1) is 14.7. The van der Waals surface area contributed by atoms with Crippen LogP contribution >= 0.6 is 11.6 Å². The number of ketones is 1. The Morgan fingerprint density at radius 3 is 2.26 bits per heavy atom. The largest absolute Gasteiger partial charge is 0.484 e. The first-order valence-electron chi connectivity index (χ1n) is 9.15. The van der Waals surface area contributed by atoms with Crippen LogP contribution in [-0.4, -0.2) is 26.7 Å². The number of ether oxygens (including phenoxy) is 1. The first-order valence-corrected chi connectivity index (χ1v) is 11.0. The Kier molecular flexibility index (Phi) is 6.94. The smallest absolute Gasteiger partial charge is 0.262 e. The summed E-state index contributed by atoms with van der Waals surface area (Å²) in [7, 11) is -3.78. The number of Topliss-reactive ketones (excluding diaryl/α,β-unsaturated/α-hetero) is 1. The van der Waals surface area contributed by atoms with E-state index in [9.17, 15) is 18.0 Å². The third-order valence-electron chi connectivity index (χ3n) is 4.15. The Bertz CT molecular complexity index is 1190. The number of anilines is 2. The molecule has 3 aromatic rings. The molecule has 160 valence electrons. The topological polar surface area (TPSA) is 102 Å². The fourth-order valence-electron chi connectivity index (χ4n) is 2.61. The number of carbonyl (C=O) groups is 2. The van der Waals surface area contributed by atoms with E-state index in [0.29, 0.717) is 27.7 Å². The molecule has 3 rings (SSSR count). The number of carbonyl (C=O) groups excluding carboxylic acids is 2. The minimum Gasteiger partial charge on any atom is -0.484 e. The zero-order valence-electron chi connectivity index (χ0n) is 16.5. The molecule has 0 aromatic heterocycles. The van der Waals surface area contributed by atoms with Crippen LogP contribution in [0.25, 0.3) is 0 Å². The summed E-state index contributed by atoms with van der Waals surface area (Å²) in [4.78, 5) is 23.5. The number of hydrogen-bond donors (Lipinski definition) is 2. The van der Waals surface area contributed by atoms with Crippen molar-refractivity contribution in [3.8, 4) is 5.75 Å². The van der Waals surface area contributed by atoms with Crippen LogP contribution in [-0.2, 0) is 14.8 Å². The molecular formula is C22H19ClN2O5S. The molecule has 0 aliphatic carbocycles. The maximum atomic E-state index is 12.5. The van der Waals surface area contributed by atoms with E-state index >= 15 is 0 Å². The molecule has 3 aromatic carbocycles. The van der Waals surface area contributed by atoms with Crippen molar-refractivity contribution >= 4 is 44.7 Å². The van der Waals surface area contributed by atoms with Crippen LogP contribution in [0.1, 0.15) is 17.3 Å². The van der Waals surface area contributed by atoms with E-state index in [1.807, 2.05) is 0 Å². The summed E-state index contributed by atoms with van der Waals surface area (Å²) in [5, 5.41) is 3.14. The molecule has 0 saturated carbocycles. The van der Waals surface area contributed by atoms with E-state index in [1.54, 1.807) is 48.5 Å². The average molecular weight is 459 g/mol. The molecule has 7 nitrogen and oxygen atoms in total. The number of halogens is 1. The summed E-state index contributed by atoms with van der Waals surface area (Å²) >= 11 is 5.80. The second-order valence-corrected chi connectivity index (χ2v) is 8.68. The van der Waals surface area contributed by atoms with Crippen molar-refractivity contribution in [1.29, 1.82) is 0 Å². The van der Waals surface area contributed by atoms with Crippen molar-refractivity contribution in [2.75, 3.05) is 16.6 Å². The maximum absolute atomic E-state index is 12.5. The van der Waals surface area contributed by atoms with E-state index in [-0.39, 0.29) is 17.3 Å². The zero-order valence-corrected chi connectivity index (χ0v) is 18.0. The lowest BCUT2D eigenvalue weighted by molar-refractivity contribution is -0.118. The molecule has 0 saturated heterocycles. The predicted octanol–water partition coefficient (Wildman–Crippen LogP) is 4.36. The molecule has 0 aliphatic heterocycles. The van der Waals surface area contributed by atoms with Gasteiger partial charge in [-0.25, -0.2) is 8.42 Å². The first kappa shape index (κ1) is 22.3. The van der Waals surface area contributed by atoms with Gasteiger partial charge < -0.3 is 10.1 Å². The lowest BCUT2D eigenvalue weighted by Gasteiger charge is -2.10. The van der Waals surface area contributed by atoms with Gasteiger partial charge in [0.2, 0.25) is 0 Å². The minimum absolute atomic E-state index is 0.0419. The van der Waals surface area contributed by atoms with Crippen LogP contribution in [0.2, 0.25) is 5.02 Å². The van der Waals surface area contributed by atoms with E-state index in [2.05, 4.69) is 10.0 Å². The third-order valence-corrected chi connectivity index (χ3v) is 5.80. The fourth-order valence-corrected chi connectivity index (χ4v) is 3.79. The van der Waals surface area contributed by atoms with E-state index < -0.39 is 15.9 Å². The molecule has 31 heavy (non-hydrogen) atoms. The average Bonchev–Trinajstić information content (AvgIpc) is 2.74. The molecule has 0 atom stereocenters. The predicted molar refractivity (Wildman–Crippen MR) is 119 cm³/mol. The number of sulfonamides is 1. The zero-order chi connectivity index (χ0) is 22.4. The number of rotatable bonds is 8. The summed E-state index contributed by atoms with van der Waals surface area (Å²) in [6, 6.07) is 18.5. The summed E-state index contributed by atoms with van der Waals surface area (Å²) < 4.78 is 32.8. The normalized spacial score (nSPS) is 10.9. The Morgan fingerprint density at radius 2 is 1.61 bits per heavy atom. The number of nitrogens with one attached hydrogen (secondary N) is 2. The van der Waals surface area contributed by atoms with Gasteiger partial charge in [-0.05, 0) is 67.6 Å². The Hall–Kier alpha value is -3.36. The van der Waals surface area contributed by atoms with Crippen LogP contribution in [0.3, 0.4) is 0 Å². The Labute approximate surface area is 185 Å². The van der Waals surface area contributed by atoms with Crippen molar-refractivity contribution < 1.29 is 22.7 Å². The van der Waals surface area contributed by atoms with Crippen molar-refractivity contribution in [3.05, 3.63) is 83.4 Å². The standard InChI is InChI=1S/C22H19ClN2O5S/c1-15(26)16-3-2-4-19(13-16)24-22(27)14-30-20-9-11-21(12-10-20)31(28,29)25-18-7-5-17(23)6-8-18/h2-13,25H,14H2,1H3,(H,24,27). The Morgan fingerprint density at radius 1 is 0.935 bits per heavy atom. The highest BCUT2D eigenvalue weighted by molar-refractivity contribution is 7.92. The van der Waals surface area contributed by atoms with Crippen LogP contribution < -0.4 is 14.8 Å². The van der Waals surface area contributed by atoms with Gasteiger partial charge in [0, 0.05) is 22.0 Å². The second-order valence-electron chi connectivity index (χ2n) is 6.56. The van der Waals surface area contributed by atoms with Gasteiger partial charge in [0.25, 0.3) is 15.9 Å². The highest BCUT2D eigenvalue weighted by Gasteiger charge is 2.14. The van der Waals surface area contributed by atoms with Crippen LogP contribution in [0.4, 0.5) is 11.4 Å². The van der Waals surface area contributed by atoms with Gasteiger partial charge >= 0.3 is 0 Å². The van der Waals surface area contributed by atoms with Gasteiger partial charge in [0.1, 0.15) is 5.75 Å². The molecule has 0 fully saturated rings. The maximum Gasteiger partial charge on any atom is 0.262 e. The summed E-state index contributed by atoms with van der Waals surface area (Å²) in [5.41, 5.74) is 1.36. The van der Waals surface area contributed by atoms with Gasteiger partial charge in [-0.15, -0.1) is 0 Å². The Balaban J connectivity index is 1.57. The van der Waals surface area contributed by atoms with Gasteiger partial charge in [-0.2, -0.15) is 0 Å². The summed E-state index contributed by atoms with van der Waals surface area (Å²) in [6.07, 6.45) is 0. The number of hydrogen-bond acceptors (Lipinski definition) is 5. The van der Waals surface area contributed by atoms with Gasteiger partial charge in [-0.1, -0.05) is 23.7 Å². The lowest BCUT2D eigenvalue weighted by atomic mass is 10.1. The second kappa shape index (κ2) is 9.63. The van der Waals surface area contributed by atoms with Crippen LogP contribution in [0, 0.1) is 0 Å². The molecule has 2 N–H and O–H groups in total. The highest BCUT2D eigenvalue weighted by Crippen LogP contribution is 2.21. The highest BCUT2D eigenvalue weighted by atomic mass is 35.5. The van der Waals surface area contributed by atoms with Crippen molar-refractivity contribution in [2.24, 2.45) is 0 Å². The van der Waals surface area contributed by atoms with Gasteiger partial charge in [0.15, 0.2) is 12.4 Å². The lowest BCUT2D eigenvalue weighted by Crippen LogP contribution is -2.20. The third kappa shape index (κ3) is 6.31. The van der Waals surface area contributed by atoms with E-state index in [0.717, 1.165) is 0 Å². The SMILES string of the molecule is CC(=O)c1cccc(NC(=O)COc2ccc(S(=O)(=O)Nc3ccc(Cl)cc3)cc2)c1. The molecule has 9 heteroatoms. The van der Waals surface area contributed by atoms with E-state index in [4.69, 9.17) is 16.3 Å². The summed E-state index contributed by atoms with van der Waals surface area (Å²) in [5.74, 6) is -0.187. The molecule has 0 aliphatic rings. The van der Waals surface area contributed by atoms with Gasteiger partial charge in [-0.3, -0.25) is 14.3 Å². The van der Waals surface area contributed by atoms with Crippen LogP contribution in [0.5, 0.6) is 5.75 Å². The summed E-state index contributed by atoms with van der Waals surface area (Å²) in [6.45, 7) is 1.16. The van der Waals surface area contributed by atoms with Gasteiger partial charge in [0.05, 0.1) is 4.90 Å². The molecule has 0 bridgehead atoms.